The van der Waals surface area contributed by atoms with E-state index in [9.17, 15) is 14.7 Å². The molecule has 3 aliphatic heterocycles. The van der Waals surface area contributed by atoms with E-state index >= 15 is 0 Å². The summed E-state index contributed by atoms with van der Waals surface area (Å²) >= 11 is 0. The van der Waals surface area contributed by atoms with Gasteiger partial charge >= 0.3 is 5.97 Å². The second-order valence-corrected chi connectivity index (χ2v) is 9.57. The lowest BCUT2D eigenvalue weighted by molar-refractivity contribution is -0.939. The number of anilines is 1. The van der Waals surface area contributed by atoms with Gasteiger partial charge in [0.15, 0.2) is 18.5 Å². The number of aromatic nitrogens is 1. The van der Waals surface area contributed by atoms with Crippen LogP contribution < -0.4 is 5.32 Å². The average molecular weight is 445 g/mol. The van der Waals surface area contributed by atoms with Gasteiger partial charge in [0.2, 0.25) is 5.60 Å². The van der Waals surface area contributed by atoms with Gasteiger partial charge in [-0.1, -0.05) is 18.0 Å². The zero-order chi connectivity index (χ0) is 22.2. The molecule has 0 spiro atoms. The molecule has 1 amide bonds. The molecule has 1 saturated carbocycles. The number of furan rings is 1. The van der Waals surface area contributed by atoms with Crippen molar-refractivity contribution in [2.75, 3.05) is 31.5 Å². The first-order valence-corrected chi connectivity index (χ1v) is 11.5. The van der Waals surface area contributed by atoms with Crippen molar-refractivity contribution in [3.63, 3.8) is 0 Å². The Morgan fingerprint density at radius 1 is 1.19 bits per heavy atom. The topological polar surface area (TPSA) is 115 Å². The van der Waals surface area contributed by atoms with Crippen molar-refractivity contribution in [2.45, 2.75) is 50.2 Å². The van der Waals surface area contributed by atoms with Crippen molar-refractivity contribution < 1.29 is 32.9 Å². The molecule has 0 aromatic carbocycles. The quantitative estimate of drug-likeness (QED) is 0.498. The molecule has 4 fully saturated rings. The monoisotopic (exact) mass is 444 g/mol. The summed E-state index contributed by atoms with van der Waals surface area (Å²) in [5.74, 6) is -0.0685. The molecule has 9 heteroatoms. The summed E-state index contributed by atoms with van der Waals surface area (Å²) in [6.07, 6.45) is 7.83. The molecule has 5 heterocycles. The van der Waals surface area contributed by atoms with E-state index in [2.05, 4.69) is 10.5 Å². The highest BCUT2D eigenvalue weighted by Gasteiger charge is 2.54. The number of piperidine rings is 3. The van der Waals surface area contributed by atoms with Gasteiger partial charge < -0.3 is 28.6 Å². The van der Waals surface area contributed by atoms with Gasteiger partial charge in [0.1, 0.15) is 18.6 Å². The van der Waals surface area contributed by atoms with Crippen LogP contribution in [0.2, 0.25) is 0 Å². The van der Waals surface area contributed by atoms with E-state index in [1.165, 1.54) is 12.5 Å². The lowest BCUT2D eigenvalue weighted by Crippen LogP contribution is -2.66. The number of nitrogens with one attached hydrogen (secondary N) is 1. The molecular weight excluding hydrogens is 414 g/mol. The molecule has 6 rings (SSSR count). The minimum Gasteiger partial charge on any atom is -0.466 e. The van der Waals surface area contributed by atoms with Crippen molar-refractivity contribution in [3.8, 4) is 0 Å². The number of carbonyl (C=O) groups is 2. The highest BCUT2D eigenvalue weighted by atomic mass is 16.6. The van der Waals surface area contributed by atoms with Gasteiger partial charge in [-0.25, -0.2) is 4.79 Å². The maximum atomic E-state index is 13.4. The van der Waals surface area contributed by atoms with Crippen LogP contribution in [-0.2, 0) is 19.9 Å². The van der Waals surface area contributed by atoms with Crippen LogP contribution in [0.4, 0.5) is 5.82 Å². The number of fused-ring (bicyclic) bond motifs is 3. The van der Waals surface area contributed by atoms with Gasteiger partial charge in [-0.3, -0.25) is 4.79 Å². The SMILES string of the molecule is O=C(C[N+]12CCC(CC1)C(OC(=O)[C@](O)(c1ccco1)C1CCCC1)C2)Nc1ccon1. The Kier molecular flexibility index (Phi) is 5.54. The molecule has 2 atom stereocenters. The van der Waals surface area contributed by atoms with E-state index in [1.54, 1.807) is 18.2 Å². The van der Waals surface area contributed by atoms with Crippen molar-refractivity contribution in [1.82, 2.24) is 5.16 Å². The number of nitrogens with zero attached hydrogens (tertiary/aromatic N) is 2. The number of rotatable bonds is 7. The Bertz CT molecular complexity index is 929. The Labute approximate surface area is 186 Å². The second-order valence-electron chi connectivity index (χ2n) is 9.57. The van der Waals surface area contributed by atoms with Gasteiger partial charge in [0, 0.05) is 30.7 Å². The van der Waals surface area contributed by atoms with Crippen molar-refractivity contribution in [1.29, 1.82) is 0 Å². The molecular formula is C23H30N3O6+. The van der Waals surface area contributed by atoms with E-state index in [0.717, 1.165) is 51.6 Å². The third kappa shape index (κ3) is 3.84. The zero-order valence-electron chi connectivity index (χ0n) is 18.1. The molecule has 32 heavy (non-hydrogen) atoms. The fraction of sp³-hybridized carbons (Fsp3) is 0.609. The predicted molar refractivity (Wildman–Crippen MR) is 112 cm³/mol. The lowest BCUT2D eigenvalue weighted by Gasteiger charge is -2.51. The summed E-state index contributed by atoms with van der Waals surface area (Å²) in [7, 11) is 0. The summed E-state index contributed by atoms with van der Waals surface area (Å²) in [6, 6.07) is 4.94. The molecule has 2 aromatic rings. The van der Waals surface area contributed by atoms with E-state index in [-0.39, 0.29) is 29.6 Å². The molecule has 2 bridgehead atoms. The first-order chi connectivity index (χ1) is 15.5. The van der Waals surface area contributed by atoms with Crippen LogP contribution >= 0.6 is 0 Å². The van der Waals surface area contributed by atoms with Crippen LogP contribution in [0.5, 0.6) is 0 Å². The Hall–Kier alpha value is -2.65. The van der Waals surface area contributed by atoms with Crippen LogP contribution in [0, 0.1) is 11.8 Å². The third-order valence-corrected chi connectivity index (χ3v) is 7.64. The minimum atomic E-state index is -1.76. The summed E-state index contributed by atoms with van der Waals surface area (Å²) in [5, 5.41) is 18.0. The zero-order valence-corrected chi connectivity index (χ0v) is 18.1. The van der Waals surface area contributed by atoms with E-state index in [4.69, 9.17) is 13.7 Å². The molecule has 0 radical (unpaired) electrons. The number of quaternary nitrogens is 1. The van der Waals surface area contributed by atoms with E-state index < -0.39 is 11.6 Å². The van der Waals surface area contributed by atoms with Gasteiger partial charge in [-0.2, -0.15) is 0 Å². The number of carbonyl (C=O) groups excluding carboxylic acids is 2. The number of hydrogen-bond donors (Lipinski definition) is 2. The number of amides is 1. The molecule has 4 aliphatic rings. The molecule has 2 aromatic heterocycles. The van der Waals surface area contributed by atoms with Gasteiger partial charge in [-0.15, -0.1) is 0 Å². The first-order valence-electron chi connectivity index (χ1n) is 11.5. The summed E-state index contributed by atoms with van der Waals surface area (Å²) in [4.78, 5) is 26.0. The van der Waals surface area contributed by atoms with Crippen LogP contribution in [-0.4, -0.2) is 58.9 Å². The average Bonchev–Trinajstić information content (AvgIpc) is 3.57. The smallest absolute Gasteiger partial charge is 0.346 e. The Morgan fingerprint density at radius 3 is 2.62 bits per heavy atom. The predicted octanol–water partition coefficient (Wildman–Crippen LogP) is 2.44. The standard InChI is InChI=1S/C23H29N3O6/c27-21(24-20-9-13-31-25-20)15-26-10-7-16(8-11-26)18(14-26)32-22(28)23(29,17-4-1-2-5-17)19-6-3-12-30-19/h3,6,9,12-13,16-18,29H,1-2,4-5,7-8,10-11,14-15H2/p+1/t16?,18?,23-,26?/m1/s1. The summed E-state index contributed by atoms with van der Waals surface area (Å²) < 4.78 is 16.8. The minimum absolute atomic E-state index is 0.137. The largest absolute Gasteiger partial charge is 0.466 e. The highest BCUT2D eigenvalue weighted by molar-refractivity contribution is 5.90. The maximum Gasteiger partial charge on any atom is 0.346 e. The van der Waals surface area contributed by atoms with E-state index in [1.807, 2.05) is 0 Å². The number of hydrogen-bond acceptors (Lipinski definition) is 7. The fourth-order valence-electron chi connectivity index (χ4n) is 5.88. The van der Waals surface area contributed by atoms with Crippen molar-refractivity contribution in [2.24, 2.45) is 11.8 Å². The number of esters is 1. The summed E-state index contributed by atoms with van der Waals surface area (Å²) in [6.45, 7) is 2.60. The second kappa shape index (κ2) is 8.37. The maximum absolute atomic E-state index is 13.4. The fourth-order valence-corrected chi connectivity index (χ4v) is 5.88. The molecule has 1 aliphatic carbocycles. The highest BCUT2D eigenvalue weighted by Crippen LogP contribution is 2.43. The van der Waals surface area contributed by atoms with Gasteiger partial charge in [0.25, 0.3) is 5.91 Å². The van der Waals surface area contributed by atoms with E-state index in [0.29, 0.717) is 23.4 Å². The van der Waals surface area contributed by atoms with Crippen LogP contribution in [0.25, 0.3) is 0 Å². The van der Waals surface area contributed by atoms with Crippen molar-refractivity contribution >= 4 is 17.7 Å². The molecule has 3 saturated heterocycles. The third-order valence-electron chi connectivity index (χ3n) is 7.64. The van der Waals surface area contributed by atoms with Crippen LogP contribution in [0.15, 0.2) is 39.7 Å². The number of aliphatic hydroxyl groups is 1. The first kappa shape index (κ1) is 21.2. The van der Waals surface area contributed by atoms with Crippen LogP contribution in [0.3, 0.4) is 0 Å². The molecule has 1 unspecified atom stereocenters. The van der Waals surface area contributed by atoms with Gasteiger partial charge in [0.05, 0.1) is 19.4 Å². The molecule has 9 nitrogen and oxygen atoms in total. The molecule has 2 N–H and O–H groups in total. The van der Waals surface area contributed by atoms with Gasteiger partial charge in [-0.05, 0) is 25.0 Å². The molecule has 172 valence electrons. The lowest BCUT2D eigenvalue weighted by atomic mass is 9.81. The Morgan fingerprint density at radius 2 is 1.97 bits per heavy atom. The normalized spacial score (nSPS) is 29.5. The van der Waals surface area contributed by atoms with Crippen molar-refractivity contribution in [3.05, 3.63) is 36.5 Å². The number of ether oxygens (including phenoxy) is 1. The summed E-state index contributed by atoms with van der Waals surface area (Å²) in [5.41, 5.74) is -1.76. The Balaban J connectivity index is 1.29. The van der Waals surface area contributed by atoms with Crippen LogP contribution in [0.1, 0.15) is 44.3 Å².